The van der Waals surface area contributed by atoms with Gasteiger partial charge in [-0.1, -0.05) is 39.3 Å². The van der Waals surface area contributed by atoms with E-state index in [2.05, 4.69) is 31.4 Å². The molecule has 2 aliphatic rings. The van der Waals surface area contributed by atoms with Crippen LogP contribution in [-0.2, 0) is 12.8 Å². The summed E-state index contributed by atoms with van der Waals surface area (Å²) < 4.78 is 11.4. The highest BCUT2D eigenvalue weighted by molar-refractivity contribution is 7.16. The molecule has 36 heavy (non-hydrogen) atoms. The lowest BCUT2D eigenvalue weighted by atomic mass is 9.69. The van der Waals surface area contributed by atoms with Gasteiger partial charge < -0.3 is 20.1 Å². The Hall–Kier alpha value is -2.84. The van der Waals surface area contributed by atoms with Gasteiger partial charge in [0.25, 0.3) is 5.91 Å². The Labute approximate surface area is 220 Å². The molecule has 3 heterocycles. The van der Waals surface area contributed by atoms with E-state index in [1.54, 1.807) is 23.5 Å². The van der Waals surface area contributed by atoms with Crippen molar-refractivity contribution in [1.29, 1.82) is 0 Å². The van der Waals surface area contributed by atoms with E-state index in [1.807, 2.05) is 30.5 Å². The van der Waals surface area contributed by atoms with Crippen LogP contribution in [0.5, 0.6) is 11.5 Å². The average molecular weight is 525 g/mol. The number of anilines is 1. The number of ether oxygens (including phenoxy) is 2. The normalized spacial score (nSPS) is 19.1. The van der Waals surface area contributed by atoms with E-state index >= 15 is 0 Å². The molecular weight excluding hydrogens is 492 g/mol. The molecule has 6 nitrogen and oxygen atoms in total. The molecule has 0 unspecified atom stereocenters. The molecule has 0 radical (unpaired) electrons. The highest BCUT2D eigenvalue weighted by Gasteiger charge is 2.37. The summed E-state index contributed by atoms with van der Waals surface area (Å²) in [6.07, 6.45) is 3.87. The zero-order valence-corrected chi connectivity index (χ0v) is 22.7. The van der Waals surface area contributed by atoms with Crippen LogP contribution in [0.15, 0.2) is 35.7 Å². The number of carbonyl (C=O) groups excluding carboxylic acids is 2. The topological polar surface area (TPSA) is 76.7 Å². The fourth-order valence-corrected chi connectivity index (χ4v) is 6.97. The van der Waals surface area contributed by atoms with Gasteiger partial charge >= 0.3 is 5.97 Å². The number of hydrogen-bond acceptors (Lipinski definition) is 7. The van der Waals surface area contributed by atoms with Crippen molar-refractivity contribution in [1.82, 2.24) is 5.32 Å². The van der Waals surface area contributed by atoms with Crippen molar-refractivity contribution in [3.63, 3.8) is 0 Å². The van der Waals surface area contributed by atoms with Crippen LogP contribution in [-0.4, -0.2) is 18.5 Å². The Morgan fingerprint density at radius 1 is 1.17 bits per heavy atom. The molecule has 8 heteroatoms. The maximum atomic E-state index is 13.2. The number of nitrogens with one attached hydrogen (secondary N) is 2. The van der Waals surface area contributed by atoms with E-state index in [4.69, 9.17) is 9.47 Å². The van der Waals surface area contributed by atoms with Gasteiger partial charge in [-0.05, 0) is 72.2 Å². The van der Waals surface area contributed by atoms with Gasteiger partial charge in [-0.25, -0.2) is 4.79 Å². The number of benzene rings is 1. The van der Waals surface area contributed by atoms with Crippen molar-refractivity contribution < 1.29 is 19.1 Å². The lowest BCUT2D eigenvalue weighted by molar-refractivity contribution is 0.0733. The fraction of sp³-hybridized carbons (Fsp3) is 0.429. The van der Waals surface area contributed by atoms with Crippen molar-refractivity contribution in [3.8, 4) is 11.5 Å². The number of esters is 1. The lowest BCUT2D eigenvalue weighted by Gasteiger charge is -2.36. The molecule has 0 spiro atoms. The van der Waals surface area contributed by atoms with Crippen molar-refractivity contribution in [2.45, 2.75) is 59.5 Å². The Morgan fingerprint density at radius 3 is 2.72 bits per heavy atom. The molecule has 1 amide bonds. The summed E-state index contributed by atoms with van der Waals surface area (Å²) in [7, 11) is 0. The summed E-state index contributed by atoms with van der Waals surface area (Å²) in [4.78, 5) is 27.6. The Kier molecular flexibility index (Phi) is 6.83. The second-order valence-electron chi connectivity index (χ2n) is 10.0. The van der Waals surface area contributed by atoms with Crippen molar-refractivity contribution in [3.05, 3.63) is 62.2 Å². The highest BCUT2D eigenvalue weighted by Crippen LogP contribution is 2.47. The third-order valence-electron chi connectivity index (χ3n) is 7.59. The van der Waals surface area contributed by atoms with E-state index < -0.39 is 12.1 Å². The summed E-state index contributed by atoms with van der Waals surface area (Å²) in [5.74, 6) is 1.01. The van der Waals surface area contributed by atoms with Crippen LogP contribution in [0.1, 0.15) is 82.7 Å². The molecule has 1 aromatic carbocycles. The first-order chi connectivity index (χ1) is 17.3. The van der Waals surface area contributed by atoms with Gasteiger partial charge in [-0.3, -0.25) is 4.79 Å². The monoisotopic (exact) mass is 524 g/mol. The Morgan fingerprint density at radius 2 is 2.00 bits per heavy atom. The molecule has 0 saturated heterocycles. The molecule has 1 aliphatic heterocycles. The number of amides is 1. The number of hydrogen-bond donors (Lipinski definition) is 2. The fourth-order valence-electron chi connectivity index (χ4n) is 5.02. The molecule has 5 rings (SSSR count). The number of thiophene rings is 2. The third kappa shape index (κ3) is 4.64. The minimum absolute atomic E-state index is 0.0365. The van der Waals surface area contributed by atoms with Gasteiger partial charge in [0.05, 0.1) is 12.2 Å². The zero-order valence-electron chi connectivity index (χ0n) is 21.1. The molecule has 3 aromatic rings. The van der Waals surface area contributed by atoms with Crippen LogP contribution >= 0.6 is 22.7 Å². The summed E-state index contributed by atoms with van der Waals surface area (Å²) in [5, 5.41) is 9.45. The average Bonchev–Trinajstić information content (AvgIpc) is 3.53. The predicted octanol–water partition coefficient (Wildman–Crippen LogP) is 6.82. The van der Waals surface area contributed by atoms with Crippen molar-refractivity contribution in [2.75, 3.05) is 11.9 Å². The van der Waals surface area contributed by atoms with Crippen molar-refractivity contribution >= 4 is 39.6 Å². The third-order valence-corrected chi connectivity index (χ3v) is 9.62. The van der Waals surface area contributed by atoms with Crippen LogP contribution in [0.3, 0.4) is 0 Å². The molecule has 0 fully saturated rings. The summed E-state index contributed by atoms with van der Waals surface area (Å²) in [6.45, 7) is 9.28. The van der Waals surface area contributed by atoms with E-state index in [9.17, 15) is 9.59 Å². The van der Waals surface area contributed by atoms with Gasteiger partial charge in [0.1, 0.15) is 16.0 Å². The second-order valence-corrected chi connectivity index (χ2v) is 12.1. The maximum absolute atomic E-state index is 13.2. The summed E-state index contributed by atoms with van der Waals surface area (Å²) in [5.41, 5.74) is 3.16. The SMILES string of the molecule is CCOc1cc([C@@H]2NC(=O)c3c(sc4c3CC[C@H](C(C)(C)CC)C4)N2)ccc1OC(=O)c1cccs1. The van der Waals surface area contributed by atoms with Gasteiger partial charge in [0.15, 0.2) is 11.5 Å². The molecular formula is C28H32N2O4S2. The van der Waals surface area contributed by atoms with Gasteiger partial charge in [0, 0.05) is 4.88 Å². The number of fused-ring (bicyclic) bond motifs is 3. The summed E-state index contributed by atoms with van der Waals surface area (Å²) >= 11 is 3.05. The van der Waals surface area contributed by atoms with Gasteiger partial charge in [0.2, 0.25) is 0 Å². The lowest BCUT2D eigenvalue weighted by Crippen LogP contribution is -2.38. The quantitative estimate of drug-likeness (QED) is 0.262. The molecule has 1 aliphatic carbocycles. The summed E-state index contributed by atoms with van der Waals surface area (Å²) in [6, 6.07) is 8.96. The first-order valence-electron chi connectivity index (χ1n) is 12.5. The van der Waals surface area contributed by atoms with Crippen LogP contribution in [0.25, 0.3) is 0 Å². The van der Waals surface area contributed by atoms with E-state index in [1.165, 1.54) is 21.8 Å². The predicted molar refractivity (Wildman–Crippen MR) is 145 cm³/mol. The van der Waals surface area contributed by atoms with Crippen LogP contribution < -0.4 is 20.1 Å². The zero-order chi connectivity index (χ0) is 25.4. The molecule has 0 saturated carbocycles. The van der Waals surface area contributed by atoms with E-state index in [0.29, 0.717) is 34.3 Å². The number of rotatable bonds is 7. The second kappa shape index (κ2) is 9.90. The van der Waals surface area contributed by atoms with Gasteiger partial charge in [-0.2, -0.15) is 0 Å². The van der Waals surface area contributed by atoms with Crippen LogP contribution in [0, 0.1) is 11.3 Å². The molecule has 2 atom stereocenters. The highest BCUT2D eigenvalue weighted by atomic mass is 32.1. The minimum atomic E-state index is -0.416. The smallest absolute Gasteiger partial charge is 0.353 e. The minimum Gasteiger partial charge on any atom is -0.490 e. The van der Waals surface area contributed by atoms with E-state index in [0.717, 1.165) is 41.8 Å². The molecule has 0 bridgehead atoms. The molecule has 2 aromatic heterocycles. The van der Waals surface area contributed by atoms with Crippen LogP contribution in [0.2, 0.25) is 0 Å². The Balaban J connectivity index is 1.38. The first kappa shape index (κ1) is 24.8. The largest absolute Gasteiger partial charge is 0.490 e. The molecule has 2 N–H and O–H groups in total. The maximum Gasteiger partial charge on any atom is 0.353 e. The standard InChI is InChI=1S/C28H32N2O4S2/c1-5-28(3,4)17-10-11-18-22(15-17)36-26-23(18)25(31)29-24(30-26)16-9-12-19(20(14-16)33-6-2)34-27(32)21-8-7-13-35-21/h7-9,12-14,17,24,30H,5-6,10-11,15H2,1-4H3,(H,29,31)/t17-,24+/m0/s1. The Bertz CT molecular complexity index is 1280. The van der Waals surface area contributed by atoms with Gasteiger partial charge in [-0.15, -0.1) is 22.7 Å². The van der Waals surface area contributed by atoms with E-state index in [-0.39, 0.29) is 5.91 Å². The van der Waals surface area contributed by atoms with Crippen LogP contribution in [0.4, 0.5) is 5.00 Å². The number of carbonyl (C=O) groups is 2. The first-order valence-corrected chi connectivity index (χ1v) is 14.2. The van der Waals surface area contributed by atoms with Crippen molar-refractivity contribution in [2.24, 2.45) is 11.3 Å². The molecule has 190 valence electrons.